The van der Waals surface area contributed by atoms with Crippen molar-refractivity contribution in [3.63, 3.8) is 0 Å². The molecule has 1 aromatic heterocycles. The number of carbonyl (C=O) groups is 1. The monoisotopic (exact) mass is 424 g/mol. The number of thiophene rings is 1. The molecule has 8 heteroatoms. The molecule has 3 N–H and O–H groups in total. The minimum Gasteiger partial charge on any atom is -0.365 e. The first kappa shape index (κ1) is 20.8. The van der Waals surface area contributed by atoms with E-state index in [1.165, 1.54) is 23.5 Å². The minimum atomic E-state index is -3.95. The van der Waals surface area contributed by atoms with Gasteiger partial charge < -0.3 is 5.73 Å². The van der Waals surface area contributed by atoms with E-state index in [0.29, 0.717) is 12.3 Å². The van der Waals surface area contributed by atoms with Crippen LogP contribution in [0.5, 0.6) is 0 Å². The Morgan fingerprint density at radius 2 is 1.96 bits per heavy atom. The first-order chi connectivity index (χ1) is 13.0. The van der Waals surface area contributed by atoms with Crippen molar-refractivity contribution in [3.8, 4) is 0 Å². The number of rotatable bonds is 6. The van der Waals surface area contributed by atoms with Crippen LogP contribution >= 0.6 is 11.3 Å². The number of primary amides is 1. The zero-order valence-corrected chi connectivity index (χ0v) is 17.8. The van der Waals surface area contributed by atoms with Gasteiger partial charge in [-0.3, -0.25) is 9.52 Å². The number of carbonyl (C=O) groups excluding carboxylic acids is 1. The zero-order valence-electron chi connectivity index (χ0n) is 16.2. The summed E-state index contributed by atoms with van der Waals surface area (Å²) in [6.45, 7) is 6.65. The molecule has 0 spiro atoms. The van der Waals surface area contributed by atoms with Crippen LogP contribution in [0.15, 0.2) is 29.2 Å². The van der Waals surface area contributed by atoms with E-state index in [1.807, 2.05) is 0 Å². The van der Waals surface area contributed by atoms with E-state index in [4.69, 9.17) is 5.73 Å². The molecule has 152 valence electrons. The molecule has 5 nitrogen and oxygen atoms in total. The third-order valence-electron chi connectivity index (χ3n) is 5.88. The van der Waals surface area contributed by atoms with Crippen molar-refractivity contribution in [3.05, 3.63) is 46.1 Å². The van der Waals surface area contributed by atoms with Crippen LogP contribution in [-0.2, 0) is 22.9 Å². The molecule has 1 aromatic carbocycles. The summed E-state index contributed by atoms with van der Waals surface area (Å²) in [4.78, 5) is 13.0. The highest BCUT2D eigenvalue weighted by Gasteiger charge is 2.35. The number of fused-ring (bicyclic) bond motifs is 1. The van der Waals surface area contributed by atoms with E-state index in [-0.39, 0.29) is 20.9 Å². The Bertz CT molecular complexity index is 995. The van der Waals surface area contributed by atoms with E-state index in [9.17, 15) is 17.6 Å². The average molecular weight is 425 g/mol. The van der Waals surface area contributed by atoms with Crippen LogP contribution in [0.3, 0.4) is 0 Å². The summed E-state index contributed by atoms with van der Waals surface area (Å²) in [7, 11) is -3.95. The topological polar surface area (TPSA) is 89.3 Å². The standard InChI is InChI=1S/C20H25FN2O3S2/c1-4-20(2,3)12-5-10-15-16(11-12)27-19(17(15)18(22)24)23-28(25,26)14-8-6-13(21)7-9-14/h6-9,12,23H,4-5,10-11H2,1-3H3,(H2,22,24). The molecule has 1 unspecified atom stereocenters. The van der Waals surface area contributed by atoms with Gasteiger partial charge in [0.15, 0.2) is 0 Å². The molecule has 28 heavy (non-hydrogen) atoms. The van der Waals surface area contributed by atoms with Crippen LogP contribution < -0.4 is 10.5 Å². The van der Waals surface area contributed by atoms with E-state index >= 15 is 0 Å². The third kappa shape index (κ3) is 3.93. The average Bonchev–Trinajstić information content (AvgIpc) is 2.98. The summed E-state index contributed by atoms with van der Waals surface area (Å²) in [6, 6.07) is 4.55. The second kappa shape index (κ2) is 7.48. The first-order valence-electron chi connectivity index (χ1n) is 9.28. The fraction of sp³-hybridized carbons (Fsp3) is 0.450. The molecule has 0 bridgehead atoms. The highest BCUT2D eigenvalue weighted by Crippen LogP contribution is 2.45. The fourth-order valence-electron chi connectivity index (χ4n) is 3.67. The Kier molecular flexibility index (Phi) is 5.55. The summed E-state index contributed by atoms with van der Waals surface area (Å²) in [5, 5.41) is 0.247. The molecule has 1 amide bonds. The summed E-state index contributed by atoms with van der Waals surface area (Å²) in [6.07, 6.45) is 3.50. The van der Waals surface area contributed by atoms with Gasteiger partial charge in [-0.25, -0.2) is 12.8 Å². The number of nitrogens with one attached hydrogen (secondary N) is 1. The van der Waals surface area contributed by atoms with Crippen molar-refractivity contribution in [2.45, 2.75) is 51.3 Å². The van der Waals surface area contributed by atoms with Crippen LogP contribution in [0.1, 0.15) is 54.4 Å². The summed E-state index contributed by atoms with van der Waals surface area (Å²) < 4.78 is 41.0. The van der Waals surface area contributed by atoms with Gasteiger partial charge in [0.1, 0.15) is 10.8 Å². The smallest absolute Gasteiger partial charge is 0.262 e. The van der Waals surface area contributed by atoms with Crippen LogP contribution in [0.4, 0.5) is 9.39 Å². The van der Waals surface area contributed by atoms with Crippen LogP contribution in [0.25, 0.3) is 0 Å². The first-order valence-corrected chi connectivity index (χ1v) is 11.6. The lowest BCUT2D eigenvalue weighted by molar-refractivity contribution is 0.1000. The number of hydrogen-bond acceptors (Lipinski definition) is 4. The van der Waals surface area contributed by atoms with Gasteiger partial charge in [-0.05, 0) is 60.4 Å². The molecule has 1 aliphatic rings. The lowest BCUT2D eigenvalue weighted by atomic mass is 9.69. The van der Waals surface area contributed by atoms with Crippen LogP contribution in [-0.4, -0.2) is 14.3 Å². The van der Waals surface area contributed by atoms with Crippen molar-refractivity contribution in [1.29, 1.82) is 0 Å². The normalized spacial score (nSPS) is 17.2. The number of anilines is 1. The van der Waals surface area contributed by atoms with Gasteiger partial charge in [-0.2, -0.15) is 0 Å². The van der Waals surface area contributed by atoms with Gasteiger partial charge >= 0.3 is 0 Å². The Hall–Kier alpha value is -1.93. The van der Waals surface area contributed by atoms with Gasteiger partial charge in [-0.1, -0.05) is 27.2 Å². The molecule has 1 atom stereocenters. The van der Waals surface area contributed by atoms with Crippen molar-refractivity contribution < 1.29 is 17.6 Å². The molecule has 3 rings (SSSR count). The molecular formula is C20H25FN2O3S2. The van der Waals surface area contributed by atoms with Crippen molar-refractivity contribution in [2.24, 2.45) is 17.1 Å². The van der Waals surface area contributed by atoms with Crippen LogP contribution in [0, 0.1) is 17.2 Å². The van der Waals surface area contributed by atoms with E-state index in [2.05, 4.69) is 25.5 Å². The molecule has 0 fully saturated rings. The molecule has 0 aliphatic heterocycles. The van der Waals surface area contributed by atoms with Crippen molar-refractivity contribution >= 4 is 32.3 Å². The summed E-state index contributed by atoms with van der Waals surface area (Å²) in [5.41, 5.74) is 6.88. The largest absolute Gasteiger partial charge is 0.365 e. The number of nitrogens with two attached hydrogens (primary N) is 1. The second-order valence-electron chi connectivity index (χ2n) is 7.91. The number of benzene rings is 1. The zero-order chi connectivity index (χ0) is 20.7. The number of sulfonamides is 1. The fourth-order valence-corrected chi connectivity index (χ4v) is 6.31. The molecule has 0 saturated heterocycles. The third-order valence-corrected chi connectivity index (χ3v) is 8.54. The second-order valence-corrected chi connectivity index (χ2v) is 10.7. The lowest BCUT2D eigenvalue weighted by Crippen LogP contribution is -2.29. The van der Waals surface area contributed by atoms with E-state index < -0.39 is 21.7 Å². The van der Waals surface area contributed by atoms with E-state index in [1.54, 1.807) is 0 Å². The summed E-state index contributed by atoms with van der Waals surface area (Å²) >= 11 is 1.28. The van der Waals surface area contributed by atoms with Gasteiger partial charge in [-0.15, -0.1) is 11.3 Å². The van der Waals surface area contributed by atoms with Gasteiger partial charge in [0, 0.05) is 4.88 Å². The Morgan fingerprint density at radius 3 is 2.54 bits per heavy atom. The van der Waals surface area contributed by atoms with Gasteiger partial charge in [0.05, 0.1) is 10.5 Å². The van der Waals surface area contributed by atoms with Crippen molar-refractivity contribution in [2.75, 3.05) is 4.72 Å². The lowest BCUT2D eigenvalue weighted by Gasteiger charge is -2.36. The predicted molar refractivity (Wildman–Crippen MR) is 110 cm³/mol. The Morgan fingerprint density at radius 1 is 1.32 bits per heavy atom. The number of amides is 1. The molecule has 2 aromatic rings. The Labute approximate surface area is 169 Å². The molecular weight excluding hydrogens is 399 g/mol. The SMILES string of the molecule is CCC(C)(C)C1CCc2c(sc(NS(=O)(=O)c3ccc(F)cc3)c2C(N)=O)C1. The van der Waals surface area contributed by atoms with Crippen LogP contribution in [0.2, 0.25) is 0 Å². The summed E-state index contributed by atoms with van der Waals surface area (Å²) in [5.74, 6) is -0.693. The van der Waals surface area contributed by atoms with Crippen molar-refractivity contribution in [1.82, 2.24) is 0 Å². The molecule has 0 saturated carbocycles. The van der Waals surface area contributed by atoms with Gasteiger partial charge in [0.2, 0.25) is 0 Å². The Balaban J connectivity index is 1.97. The highest BCUT2D eigenvalue weighted by molar-refractivity contribution is 7.93. The van der Waals surface area contributed by atoms with Gasteiger partial charge in [0.25, 0.3) is 15.9 Å². The molecule has 1 aliphatic carbocycles. The van der Waals surface area contributed by atoms with E-state index in [0.717, 1.165) is 41.8 Å². The minimum absolute atomic E-state index is 0.0688. The maximum absolute atomic E-state index is 13.1. The quantitative estimate of drug-likeness (QED) is 0.723. The maximum atomic E-state index is 13.1. The highest BCUT2D eigenvalue weighted by atomic mass is 32.2. The molecule has 1 heterocycles. The number of halogens is 1. The molecule has 0 radical (unpaired) electrons. The maximum Gasteiger partial charge on any atom is 0.262 e. The predicted octanol–water partition coefficient (Wildman–Crippen LogP) is 4.33. The number of hydrogen-bond donors (Lipinski definition) is 2.